The molecule has 0 amide bonds. The van der Waals surface area contributed by atoms with E-state index in [0.717, 1.165) is 4.90 Å². The first kappa shape index (κ1) is 7.34. The van der Waals surface area contributed by atoms with Crippen LogP contribution in [0.3, 0.4) is 0 Å². The Kier molecular flexibility index (Phi) is 4.26. The number of hydrogen-bond donors (Lipinski definition) is 2. The second-order valence-corrected chi connectivity index (χ2v) is 2.13. The molecule has 0 radical (unpaired) electrons. The molecule has 1 atom stereocenters. The number of likely N-dealkylation sites (N-methyl/N-ethyl adjacent to an activating group) is 1. The van der Waals surface area contributed by atoms with E-state index < -0.39 is 25.5 Å². The zero-order valence-corrected chi connectivity index (χ0v) is 6.97. The van der Waals surface area contributed by atoms with Gasteiger partial charge in [-0.05, 0) is 14.0 Å². The van der Waals surface area contributed by atoms with Crippen LogP contribution in [0.5, 0.6) is 0 Å². The lowest BCUT2D eigenvalue weighted by atomic mass is 10.2. The van der Waals surface area contributed by atoms with Crippen molar-refractivity contribution in [1.29, 1.82) is 0 Å². The van der Waals surface area contributed by atoms with Crippen LogP contribution in [0.25, 0.3) is 0 Å². The highest BCUT2D eigenvalue weighted by molar-refractivity contribution is 5.85. The molecule has 0 aromatic heterocycles. The van der Waals surface area contributed by atoms with E-state index in [1.54, 1.807) is 0 Å². The van der Waals surface area contributed by atoms with Crippen molar-refractivity contribution in [1.82, 2.24) is 4.90 Å². The summed E-state index contributed by atoms with van der Waals surface area (Å²) in [7, 11) is 1.30. The fraction of sp³-hybridized carbons (Fsp3) is 0.833. The number of nitrogens with zero attached hydrogens (tertiary/aromatic N) is 1. The number of carbonyl (C=O) groups is 1. The van der Waals surface area contributed by atoms with E-state index in [-0.39, 0.29) is 19.0 Å². The Labute approximate surface area is 76.4 Å². The molecule has 0 spiro atoms. The number of carboxylic acids is 1. The SMILES string of the molecule is Cl.[2H]C([2H])([2H])N(C)C[C@@H](O)CC(=O)O. The van der Waals surface area contributed by atoms with Crippen LogP contribution in [0.15, 0.2) is 0 Å². The predicted octanol–water partition coefficient (Wildman–Crippen LogP) is -0.195. The molecule has 2 N–H and O–H groups in total. The zero-order chi connectivity index (χ0) is 10.6. The molecule has 0 saturated carbocycles. The molecule has 0 aliphatic heterocycles. The van der Waals surface area contributed by atoms with Gasteiger partial charge in [0.15, 0.2) is 0 Å². The highest BCUT2D eigenvalue weighted by atomic mass is 35.5. The van der Waals surface area contributed by atoms with Gasteiger partial charge in [-0.25, -0.2) is 0 Å². The lowest BCUT2D eigenvalue weighted by Crippen LogP contribution is -2.27. The van der Waals surface area contributed by atoms with Gasteiger partial charge < -0.3 is 15.1 Å². The minimum absolute atomic E-state index is 0. The summed E-state index contributed by atoms with van der Waals surface area (Å²) in [5.74, 6) is -1.15. The van der Waals surface area contributed by atoms with Gasteiger partial charge in [0.05, 0.1) is 12.5 Å². The van der Waals surface area contributed by atoms with Crippen molar-refractivity contribution in [2.75, 3.05) is 20.6 Å². The molecule has 0 aliphatic carbocycles. The van der Waals surface area contributed by atoms with E-state index in [4.69, 9.17) is 14.3 Å². The molecule has 0 bridgehead atoms. The number of aliphatic carboxylic acids is 1. The molecule has 11 heavy (non-hydrogen) atoms. The minimum atomic E-state index is -2.29. The van der Waals surface area contributed by atoms with E-state index in [1.165, 1.54) is 7.05 Å². The Balaban J connectivity index is 0. The maximum atomic E-state index is 10.1. The van der Waals surface area contributed by atoms with E-state index in [1.807, 2.05) is 0 Å². The van der Waals surface area contributed by atoms with Crippen LogP contribution < -0.4 is 0 Å². The van der Waals surface area contributed by atoms with Crippen LogP contribution in [0, 0.1) is 0 Å². The van der Waals surface area contributed by atoms with Gasteiger partial charge in [-0.15, -0.1) is 12.4 Å². The van der Waals surface area contributed by atoms with Crippen molar-refractivity contribution >= 4 is 18.4 Å². The minimum Gasteiger partial charge on any atom is -0.481 e. The van der Waals surface area contributed by atoms with Gasteiger partial charge >= 0.3 is 5.97 Å². The number of aliphatic hydroxyl groups excluding tert-OH is 1. The third-order valence-corrected chi connectivity index (χ3v) is 0.895. The Morgan fingerprint density at radius 1 is 1.82 bits per heavy atom. The number of rotatable bonds is 4. The topological polar surface area (TPSA) is 60.8 Å². The summed E-state index contributed by atoms with van der Waals surface area (Å²) in [5.41, 5.74) is 0. The van der Waals surface area contributed by atoms with Crippen LogP contribution in [0.1, 0.15) is 10.5 Å². The lowest BCUT2D eigenvalue weighted by Gasteiger charge is -2.13. The highest BCUT2D eigenvalue weighted by Gasteiger charge is 2.09. The normalized spacial score (nSPS) is 17.5. The molecular weight excluding hydrogens is 170 g/mol. The van der Waals surface area contributed by atoms with E-state index in [9.17, 15) is 4.79 Å². The number of carboxylic acid groups (broad SMARTS) is 1. The van der Waals surface area contributed by atoms with Crippen molar-refractivity contribution in [2.45, 2.75) is 12.5 Å². The first-order valence-electron chi connectivity index (χ1n) is 4.34. The summed E-state index contributed by atoms with van der Waals surface area (Å²) in [6.07, 6.45) is -1.59. The molecule has 0 unspecified atom stereocenters. The summed E-state index contributed by atoms with van der Waals surface area (Å²) >= 11 is 0. The smallest absolute Gasteiger partial charge is 0.306 e. The molecule has 0 aromatic carbocycles. The summed E-state index contributed by atoms with van der Waals surface area (Å²) in [5, 5.41) is 17.4. The summed E-state index contributed by atoms with van der Waals surface area (Å²) in [6, 6.07) is 0. The summed E-state index contributed by atoms with van der Waals surface area (Å²) in [6.45, 7) is -2.47. The molecule has 0 heterocycles. The third-order valence-electron chi connectivity index (χ3n) is 0.895. The maximum absolute atomic E-state index is 10.1. The average Bonchev–Trinajstić information content (AvgIpc) is 1.82. The van der Waals surface area contributed by atoms with E-state index >= 15 is 0 Å². The van der Waals surface area contributed by atoms with Gasteiger partial charge in [0.2, 0.25) is 0 Å². The highest BCUT2D eigenvalue weighted by Crippen LogP contribution is 1.92. The fourth-order valence-electron chi connectivity index (χ4n) is 0.582. The van der Waals surface area contributed by atoms with Crippen LogP contribution in [-0.4, -0.2) is 47.8 Å². The molecule has 68 valence electrons. The third kappa shape index (κ3) is 9.68. The maximum Gasteiger partial charge on any atom is 0.306 e. The summed E-state index contributed by atoms with van der Waals surface area (Å²) < 4.78 is 20.7. The largest absolute Gasteiger partial charge is 0.481 e. The predicted molar refractivity (Wildman–Crippen MR) is 44.1 cm³/mol. The van der Waals surface area contributed by atoms with Gasteiger partial charge in [-0.1, -0.05) is 0 Å². The van der Waals surface area contributed by atoms with Crippen molar-refractivity contribution in [3.05, 3.63) is 0 Å². The van der Waals surface area contributed by atoms with Crippen LogP contribution in [0.2, 0.25) is 0 Å². The monoisotopic (exact) mass is 186 g/mol. The first-order valence-corrected chi connectivity index (χ1v) is 2.84. The number of halogens is 1. The fourth-order valence-corrected chi connectivity index (χ4v) is 0.582. The Morgan fingerprint density at radius 2 is 2.36 bits per heavy atom. The Morgan fingerprint density at radius 3 is 2.73 bits per heavy atom. The standard InChI is InChI=1S/C6H13NO3.ClH/c1-7(2)4-5(8)3-6(9)10;/h5,8H,3-4H2,1-2H3,(H,9,10);1H/t5-;/m0./s1/i1D3;. The zero-order valence-electron chi connectivity index (χ0n) is 9.15. The first-order chi connectivity index (χ1) is 5.73. The molecule has 0 aromatic rings. The van der Waals surface area contributed by atoms with Gasteiger partial charge in [-0.2, -0.15) is 0 Å². The molecule has 0 aliphatic rings. The second-order valence-electron chi connectivity index (χ2n) is 2.13. The van der Waals surface area contributed by atoms with Crippen molar-refractivity contribution in [2.24, 2.45) is 0 Å². The van der Waals surface area contributed by atoms with Crippen LogP contribution in [-0.2, 0) is 4.79 Å². The Bertz CT molecular complexity index is 188. The number of aliphatic hydroxyl groups is 1. The average molecular weight is 187 g/mol. The molecule has 4 nitrogen and oxygen atoms in total. The number of hydrogen-bond acceptors (Lipinski definition) is 3. The van der Waals surface area contributed by atoms with Crippen molar-refractivity contribution in [3.8, 4) is 0 Å². The van der Waals surface area contributed by atoms with E-state index in [0.29, 0.717) is 0 Å². The second kappa shape index (κ2) is 6.39. The molecule has 0 saturated heterocycles. The van der Waals surface area contributed by atoms with Crippen molar-refractivity contribution in [3.63, 3.8) is 0 Å². The van der Waals surface area contributed by atoms with E-state index in [2.05, 4.69) is 0 Å². The van der Waals surface area contributed by atoms with Crippen LogP contribution in [0.4, 0.5) is 0 Å². The molecule has 5 heteroatoms. The Hall–Kier alpha value is -0.320. The van der Waals surface area contributed by atoms with Gasteiger partial charge in [0.25, 0.3) is 0 Å². The molecular formula is C6H14ClNO3. The van der Waals surface area contributed by atoms with Gasteiger partial charge in [0, 0.05) is 10.7 Å². The quantitative estimate of drug-likeness (QED) is 0.639. The van der Waals surface area contributed by atoms with Crippen LogP contribution >= 0.6 is 12.4 Å². The van der Waals surface area contributed by atoms with Gasteiger partial charge in [0.1, 0.15) is 0 Å². The molecule has 0 rings (SSSR count). The summed E-state index contributed by atoms with van der Waals surface area (Å²) in [4.78, 5) is 11.1. The molecule has 0 fully saturated rings. The van der Waals surface area contributed by atoms with Gasteiger partial charge in [-0.3, -0.25) is 4.79 Å². The van der Waals surface area contributed by atoms with Crippen molar-refractivity contribution < 1.29 is 19.1 Å². The lowest BCUT2D eigenvalue weighted by molar-refractivity contribution is -0.139.